The second kappa shape index (κ2) is 14.5. The summed E-state index contributed by atoms with van der Waals surface area (Å²) in [4.78, 5) is 25.9. The number of hydrogen-bond acceptors (Lipinski definition) is 12. The van der Waals surface area contributed by atoms with Gasteiger partial charge in [-0.1, -0.05) is 10.4 Å². The molecular formula is C31H34N14O4. The van der Waals surface area contributed by atoms with Crippen molar-refractivity contribution in [3.63, 3.8) is 0 Å². The van der Waals surface area contributed by atoms with Crippen LogP contribution in [-0.2, 0) is 26.2 Å². The van der Waals surface area contributed by atoms with Crippen LogP contribution in [0.4, 0.5) is 0 Å². The molecule has 18 nitrogen and oxygen atoms in total. The van der Waals surface area contributed by atoms with Crippen LogP contribution in [0.15, 0.2) is 80.7 Å². The van der Waals surface area contributed by atoms with Gasteiger partial charge in [-0.2, -0.15) is 29.8 Å². The number of ether oxygens (including phenoxy) is 2. The molecule has 0 fully saturated rings. The van der Waals surface area contributed by atoms with E-state index in [-0.39, 0.29) is 24.5 Å². The van der Waals surface area contributed by atoms with Gasteiger partial charge in [0.1, 0.15) is 22.9 Å². The Labute approximate surface area is 279 Å². The molecule has 18 heteroatoms. The lowest BCUT2D eigenvalue weighted by atomic mass is 10.2. The zero-order valence-electron chi connectivity index (χ0n) is 27.4. The SMILES string of the molecule is COc1ccc(/C=N/n2c(C)nn(Cc3cn(CCCn4cc(Cn5nc(C)n(/N=C/c6ccc(OC)cc6)c5=O)nn4)nn3)c2=O)cc1. The first kappa shape index (κ1) is 32.5. The molecule has 6 rings (SSSR count). The zero-order chi connectivity index (χ0) is 34.3. The summed E-state index contributed by atoms with van der Waals surface area (Å²) in [5, 5.41) is 34.0. The molecular weight excluding hydrogens is 632 g/mol. The van der Waals surface area contributed by atoms with Gasteiger partial charge in [0.05, 0.1) is 52.1 Å². The van der Waals surface area contributed by atoms with Gasteiger partial charge in [0.2, 0.25) is 0 Å². The van der Waals surface area contributed by atoms with E-state index in [1.165, 1.54) is 18.7 Å². The Bertz CT molecular complexity index is 2040. The fourth-order valence-corrected chi connectivity index (χ4v) is 4.86. The van der Waals surface area contributed by atoms with Crippen LogP contribution in [0.1, 0.15) is 40.6 Å². The van der Waals surface area contributed by atoms with Crippen LogP contribution in [0.5, 0.6) is 11.5 Å². The van der Waals surface area contributed by atoms with E-state index in [0.29, 0.717) is 42.5 Å². The minimum Gasteiger partial charge on any atom is -0.497 e. The molecule has 0 amide bonds. The largest absolute Gasteiger partial charge is 0.497 e. The molecule has 4 heterocycles. The molecule has 0 aliphatic carbocycles. The first-order valence-corrected chi connectivity index (χ1v) is 15.3. The highest BCUT2D eigenvalue weighted by molar-refractivity contribution is 5.80. The van der Waals surface area contributed by atoms with Gasteiger partial charge in [0, 0.05) is 13.1 Å². The van der Waals surface area contributed by atoms with Crippen molar-refractivity contribution in [1.82, 2.24) is 58.9 Å². The molecule has 4 aromatic heterocycles. The molecule has 0 aliphatic rings. The van der Waals surface area contributed by atoms with E-state index >= 15 is 0 Å². The van der Waals surface area contributed by atoms with E-state index in [9.17, 15) is 9.59 Å². The van der Waals surface area contributed by atoms with E-state index in [4.69, 9.17) is 9.47 Å². The molecule has 0 bridgehead atoms. The molecule has 0 saturated heterocycles. The van der Waals surface area contributed by atoms with Crippen LogP contribution in [-0.4, -0.2) is 85.5 Å². The normalized spacial score (nSPS) is 11.7. The Hall–Kier alpha value is -6.46. The van der Waals surface area contributed by atoms with E-state index < -0.39 is 0 Å². The standard InChI is InChI=1S/C31H34N14O4/c1-22-36-42(30(46)44(22)32-16-24-6-10-28(48-3)11-7-24)20-26-18-40(38-34-26)14-5-15-41-19-27(35-39-41)21-43-31(47)45(23(2)37-43)33-17-25-8-12-29(49-4)13-9-25/h6-13,16-19H,5,14-15,20-21H2,1-4H3/b32-16+,33-17+. The van der Waals surface area contributed by atoms with Crippen molar-refractivity contribution in [1.29, 1.82) is 0 Å². The number of hydrogen-bond donors (Lipinski definition) is 0. The van der Waals surface area contributed by atoms with Crippen molar-refractivity contribution in [2.75, 3.05) is 14.2 Å². The van der Waals surface area contributed by atoms with Gasteiger partial charge in [0.25, 0.3) is 0 Å². The van der Waals surface area contributed by atoms with Gasteiger partial charge in [-0.15, -0.1) is 10.2 Å². The van der Waals surface area contributed by atoms with Crippen molar-refractivity contribution in [3.8, 4) is 11.5 Å². The fraction of sp³-hybridized carbons (Fsp3) is 0.290. The lowest BCUT2D eigenvalue weighted by molar-refractivity contribution is 0.414. The maximum atomic E-state index is 12.9. The summed E-state index contributed by atoms with van der Waals surface area (Å²) in [6.45, 7) is 4.85. The quantitative estimate of drug-likeness (QED) is 0.153. The van der Waals surface area contributed by atoms with Crippen molar-refractivity contribution >= 4 is 12.4 Å². The molecule has 0 unspecified atom stereocenters. The van der Waals surface area contributed by atoms with Crippen LogP contribution >= 0.6 is 0 Å². The van der Waals surface area contributed by atoms with E-state index in [1.54, 1.807) is 62.3 Å². The van der Waals surface area contributed by atoms with Gasteiger partial charge >= 0.3 is 11.4 Å². The second-order valence-corrected chi connectivity index (χ2v) is 10.9. The number of methoxy groups -OCH3 is 2. The van der Waals surface area contributed by atoms with Crippen molar-refractivity contribution in [2.45, 2.75) is 46.4 Å². The van der Waals surface area contributed by atoms with Gasteiger partial charge in [-0.05, 0) is 79.9 Å². The molecule has 0 saturated carbocycles. The Kier molecular flexibility index (Phi) is 9.63. The van der Waals surface area contributed by atoms with Gasteiger partial charge in [-0.3, -0.25) is 9.36 Å². The predicted molar refractivity (Wildman–Crippen MR) is 177 cm³/mol. The van der Waals surface area contributed by atoms with Crippen LogP contribution in [0, 0.1) is 13.8 Å². The number of aromatic nitrogens is 12. The van der Waals surface area contributed by atoms with Crippen molar-refractivity contribution in [2.24, 2.45) is 10.2 Å². The van der Waals surface area contributed by atoms with E-state index in [2.05, 4.69) is 41.0 Å². The number of nitrogens with zero attached hydrogens (tertiary/aromatic N) is 14. The minimum atomic E-state index is -0.385. The Morgan fingerprint density at radius 3 is 1.45 bits per heavy atom. The average Bonchev–Trinajstić information content (AvgIpc) is 3.88. The van der Waals surface area contributed by atoms with Crippen LogP contribution in [0.2, 0.25) is 0 Å². The first-order valence-electron chi connectivity index (χ1n) is 15.3. The number of aryl methyl sites for hydroxylation is 4. The molecule has 0 spiro atoms. The molecule has 6 aromatic rings. The van der Waals surface area contributed by atoms with Crippen molar-refractivity contribution < 1.29 is 9.47 Å². The predicted octanol–water partition coefficient (Wildman–Crippen LogP) is 1.17. The first-order chi connectivity index (χ1) is 23.8. The molecule has 49 heavy (non-hydrogen) atoms. The Morgan fingerprint density at radius 1 is 0.653 bits per heavy atom. The molecule has 252 valence electrons. The zero-order valence-corrected chi connectivity index (χ0v) is 27.4. The van der Waals surface area contributed by atoms with Crippen molar-refractivity contribution in [3.05, 3.63) is 116 Å². The third-order valence-electron chi connectivity index (χ3n) is 7.39. The summed E-state index contributed by atoms with van der Waals surface area (Å²) in [6, 6.07) is 14.6. The lowest BCUT2D eigenvalue weighted by Crippen LogP contribution is -2.24. The maximum Gasteiger partial charge on any atom is 0.367 e. The highest BCUT2D eigenvalue weighted by Crippen LogP contribution is 2.11. The summed E-state index contributed by atoms with van der Waals surface area (Å²) in [5.41, 5.74) is 2.03. The monoisotopic (exact) mass is 666 g/mol. The minimum absolute atomic E-state index is 0.151. The molecule has 0 aliphatic heterocycles. The fourth-order valence-electron chi connectivity index (χ4n) is 4.86. The van der Waals surface area contributed by atoms with Crippen LogP contribution in [0.3, 0.4) is 0 Å². The molecule has 0 N–H and O–H groups in total. The summed E-state index contributed by atoms with van der Waals surface area (Å²) >= 11 is 0. The van der Waals surface area contributed by atoms with E-state index in [1.807, 2.05) is 48.5 Å². The maximum absolute atomic E-state index is 12.9. The highest BCUT2D eigenvalue weighted by atomic mass is 16.5. The van der Waals surface area contributed by atoms with Crippen LogP contribution in [0.25, 0.3) is 0 Å². The number of benzene rings is 2. The molecule has 2 aromatic carbocycles. The second-order valence-electron chi connectivity index (χ2n) is 10.9. The highest BCUT2D eigenvalue weighted by Gasteiger charge is 2.13. The summed E-state index contributed by atoms with van der Waals surface area (Å²) < 4.78 is 18.8. The summed E-state index contributed by atoms with van der Waals surface area (Å²) in [6.07, 6.45) is 7.41. The molecule has 0 radical (unpaired) electrons. The Balaban J connectivity index is 1.00. The summed E-state index contributed by atoms with van der Waals surface area (Å²) in [5.74, 6) is 2.36. The van der Waals surface area contributed by atoms with E-state index in [0.717, 1.165) is 22.6 Å². The molecule has 0 atom stereocenters. The average molecular weight is 667 g/mol. The topological polar surface area (TPSA) is 184 Å². The van der Waals surface area contributed by atoms with Gasteiger partial charge in [-0.25, -0.2) is 19.0 Å². The third kappa shape index (κ3) is 7.75. The smallest absolute Gasteiger partial charge is 0.367 e. The van der Waals surface area contributed by atoms with Gasteiger partial charge < -0.3 is 9.47 Å². The Morgan fingerprint density at radius 2 is 1.06 bits per heavy atom. The number of rotatable bonds is 14. The summed E-state index contributed by atoms with van der Waals surface area (Å²) in [7, 11) is 3.20. The van der Waals surface area contributed by atoms with Gasteiger partial charge in [0.15, 0.2) is 11.6 Å². The third-order valence-corrected chi connectivity index (χ3v) is 7.39. The van der Waals surface area contributed by atoms with Crippen LogP contribution < -0.4 is 20.9 Å². The lowest BCUT2D eigenvalue weighted by Gasteiger charge is -2.00.